The second kappa shape index (κ2) is 9.43. The summed E-state index contributed by atoms with van der Waals surface area (Å²) in [5.74, 6) is -0.135. The number of carbonyl (C=O) groups is 2. The molecule has 3 heterocycles. The fourth-order valence-corrected chi connectivity index (χ4v) is 7.53. The fourth-order valence-electron chi connectivity index (χ4n) is 7.53. The van der Waals surface area contributed by atoms with Crippen molar-refractivity contribution in [2.45, 2.75) is 77.0 Å². The molecule has 1 fully saturated rings. The quantitative estimate of drug-likeness (QED) is 0.309. The first-order valence-electron chi connectivity index (χ1n) is 14.6. The molecule has 0 N–H and O–H groups in total. The third-order valence-corrected chi connectivity index (χ3v) is 9.72. The average molecular weight is 535 g/mol. The van der Waals surface area contributed by atoms with Crippen LogP contribution in [0.2, 0.25) is 0 Å². The van der Waals surface area contributed by atoms with E-state index in [-0.39, 0.29) is 22.6 Å². The molecule has 1 aliphatic carbocycles. The van der Waals surface area contributed by atoms with Gasteiger partial charge in [0.25, 0.3) is 0 Å². The molecule has 0 atom stereocenters. The van der Waals surface area contributed by atoms with E-state index < -0.39 is 0 Å². The molecular formula is C35H40N3O2+. The number of amides is 2. The molecule has 4 aliphatic rings. The molecule has 2 aromatic rings. The van der Waals surface area contributed by atoms with Crippen molar-refractivity contribution in [1.82, 2.24) is 4.90 Å². The van der Waals surface area contributed by atoms with Crippen molar-refractivity contribution in [3.63, 3.8) is 0 Å². The zero-order valence-electron chi connectivity index (χ0n) is 24.7. The molecule has 40 heavy (non-hydrogen) atoms. The molecule has 0 radical (unpaired) electrons. The van der Waals surface area contributed by atoms with Crippen molar-refractivity contribution < 1.29 is 14.2 Å². The van der Waals surface area contributed by atoms with Gasteiger partial charge in [0.05, 0.1) is 11.1 Å². The number of nitrogens with zero attached hydrogens (tertiary/aromatic N) is 3. The lowest BCUT2D eigenvalue weighted by Crippen LogP contribution is -2.30. The van der Waals surface area contributed by atoms with Crippen LogP contribution in [-0.2, 0) is 20.4 Å². The van der Waals surface area contributed by atoms with Gasteiger partial charge in [-0.2, -0.15) is 0 Å². The predicted molar refractivity (Wildman–Crippen MR) is 161 cm³/mol. The average Bonchev–Trinajstić information content (AvgIpc) is 3.58. The molecule has 2 aromatic carbocycles. The Hall–Kier alpha value is -3.73. The molecule has 206 valence electrons. The van der Waals surface area contributed by atoms with E-state index >= 15 is 0 Å². The van der Waals surface area contributed by atoms with Gasteiger partial charge in [0, 0.05) is 54.7 Å². The van der Waals surface area contributed by atoms with E-state index in [1.54, 1.807) is 0 Å². The Kier molecular flexibility index (Phi) is 6.25. The van der Waals surface area contributed by atoms with Crippen LogP contribution >= 0.6 is 0 Å². The molecule has 2 amide bonds. The predicted octanol–water partition coefficient (Wildman–Crippen LogP) is 6.91. The van der Waals surface area contributed by atoms with E-state index in [4.69, 9.17) is 0 Å². The van der Waals surface area contributed by atoms with Gasteiger partial charge < -0.3 is 4.90 Å². The van der Waals surface area contributed by atoms with Gasteiger partial charge in [-0.1, -0.05) is 56.3 Å². The normalized spacial score (nSPS) is 23.4. The number of benzene rings is 2. The van der Waals surface area contributed by atoms with Crippen LogP contribution in [-0.4, -0.2) is 41.1 Å². The molecule has 0 spiro atoms. The molecule has 5 heteroatoms. The minimum Gasteiger partial charge on any atom is -0.347 e. The van der Waals surface area contributed by atoms with Gasteiger partial charge in [-0.05, 0) is 62.0 Å². The maximum Gasteiger partial charge on any atom is 0.234 e. The molecule has 0 bridgehead atoms. The number of imide groups is 1. The Morgan fingerprint density at radius 3 is 2.12 bits per heavy atom. The summed E-state index contributed by atoms with van der Waals surface area (Å²) >= 11 is 0. The highest BCUT2D eigenvalue weighted by molar-refractivity contribution is 6.04. The first-order chi connectivity index (χ1) is 19.0. The van der Waals surface area contributed by atoms with Gasteiger partial charge in [-0.15, -0.1) is 0 Å². The minimum atomic E-state index is -0.128. The molecule has 5 nitrogen and oxygen atoms in total. The van der Waals surface area contributed by atoms with Crippen molar-refractivity contribution >= 4 is 28.9 Å². The van der Waals surface area contributed by atoms with E-state index in [0.717, 1.165) is 37.0 Å². The smallest absolute Gasteiger partial charge is 0.234 e. The van der Waals surface area contributed by atoms with E-state index in [0.29, 0.717) is 12.8 Å². The van der Waals surface area contributed by atoms with Gasteiger partial charge in [0.15, 0.2) is 5.71 Å². The Morgan fingerprint density at radius 1 is 0.800 bits per heavy atom. The number of hydrogen-bond acceptors (Lipinski definition) is 3. The van der Waals surface area contributed by atoms with Crippen LogP contribution in [0, 0.1) is 0 Å². The SMILES string of the molecule is CN1/C(=C/C=C2\CCC(CCC3=[N+](C)c4ccccc4C3(C)C)=C2N2C(=O)CCC2=O)C(C)(C)c2ccccc21. The van der Waals surface area contributed by atoms with Crippen molar-refractivity contribution in [2.75, 3.05) is 19.0 Å². The summed E-state index contributed by atoms with van der Waals surface area (Å²) in [6.45, 7) is 9.13. The lowest BCUT2D eigenvalue weighted by atomic mass is 9.79. The Balaban J connectivity index is 1.36. The summed E-state index contributed by atoms with van der Waals surface area (Å²) in [4.78, 5) is 29.8. The third kappa shape index (κ3) is 3.93. The van der Waals surface area contributed by atoms with Crippen LogP contribution in [0.3, 0.4) is 0 Å². The van der Waals surface area contributed by atoms with Crippen LogP contribution in [0.1, 0.15) is 77.3 Å². The van der Waals surface area contributed by atoms with Crippen LogP contribution in [0.25, 0.3) is 0 Å². The van der Waals surface area contributed by atoms with Crippen LogP contribution in [0.15, 0.2) is 83.2 Å². The highest BCUT2D eigenvalue weighted by atomic mass is 16.2. The van der Waals surface area contributed by atoms with Crippen LogP contribution in [0.4, 0.5) is 11.4 Å². The van der Waals surface area contributed by atoms with Gasteiger partial charge in [-0.3, -0.25) is 14.5 Å². The van der Waals surface area contributed by atoms with Crippen LogP contribution in [0.5, 0.6) is 0 Å². The van der Waals surface area contributed by atoms with Crippen molar-refractivity contribution in [2.24, 2.45) is 0 Å². The summed E-state index contributed by atoms with van der Waals surface area (Å²) < 4.78 is 2.34. The second-order valence-electron chi connectivity index (χ2n) is 12.7. The number of rotatable bonds is 5. The molecule has 0 aromatic heterocycles. The van der Waals surface area contributed by atoms with Gasteiger partial charge >= 0.3 is 0 Å². The molecule has 0 unspecified atom stereocenters. The lowest BCUT2D eigenvalue weighted by molar-refractivity contribution is -0.404. The number of likely N-dealkylation sites (tertiary alicyclic amines) is 1. The summed E-state index contributed by atoms with van der Waals surface area (Å²) in [7, 11) is 4.28. The van der Waals surface area contributed by atoms with Gasteiger partial charge in [0.1, 0.15) is 7.05 Å². The fraction of sp³-hybridized carbons (Fsp3) is 0.400. The Bertz CT molecular complexity index is 1550. The number of carbonyl (C=O) groups excluding carboxylic acids is 2. The molecule has 1 saturated heterocycles. The van der Waals surface area contributed by atoms with Crippen molar-refractivity contribution in [3.05, 3.63) is 94.4 Å². The van der Waals surface area contributed by atoms with Crippen molar-refractivity contribution in [1.29, 1.82) is 0 Å². The zero-order valence-corrected chi connectivity index (χ0v) is 24.7. The topological polar surface area (TPSA) is 43.6 Å². The number of hydrogen-bond donors (Lipinski definition) is 0. The van der Waals surface area contributed by atoms with Gasteiger partial charge in [-0.25, -0.2) is 4.58 Å². The second-order valence-corrected chi connectivity index (χ2v) is 12.7. The largest absolute Gasteiger partial charge is 0.347 e. The van der Waals surface area contributed by atoms with E-state index in [1.807, 2.05) is 0 Å². The summed E-state index contributed by atoms with van der Waals surface area (Å²) in [5, 5.41) is 0. The molecule has 6 rings (SSSR count). The van der Waals surface area contributed by atoms with E-state index in [9.17, 15) is 9.59 Å². The maximum absolute atomic E-state index is 13.0. The van der Waals surface area contributed by atoms with E-state index in [2.05, 4.69) is 112 Å². The number of likely N-dealkylation sites (N-methyl/N-ethyl adjacent to an activating group) is 1. The highest BCUT2D eigenvalue weighted by Crippen LogP contribution is 2.47. The summed E-state index contributed by atoms with van der Waals surface area (Å²) in [6.07, 6.45) is 8.45. The highest BCUT2D eigenvalue weighted by Gasteiger charge is 2.44. The first-order valence-corrected chi connectivity index (χ1v) is 14.6. The summed E-state index contributed by atoms with van der Waals surface area (Å²) in [6, 6.07) is 17.2. The Morgan fingerprint density at radius 2 is 1.45 bits per heavy atom. The molecule has 3 aliphatic heterocycles. The van der Waals surface area contributed by atoms with Crippen molar-refractivity contribution in [3.8, 4) is 0 Å². The minimum absolute atomic E-state index is 0.0549. The monoisotopic (exact) mass is 534 g/mol. The maximum atomic E-state index is 13.0. The van der Waals surface area contributed by atoms with E-state index in [1.165, 1.54) is 44.4 Å². The summed E-state index contributed by atoms with van der Waals surface area (Å²) in [5.41, 5.74) is 10.8. The lowest BCUT2D eigenvalue weighted by Gasteiger charge is -2.24. The third-order valence-electron chi connectivity index (χ3n) is 9.72. The first kappa shape index (κ1) is 26.5. The Labute approximate surface area is 238 Å². The molecule has 0 saturated carbocycles. The number of allylic oxidation sites excluding steroid dienone is 5. The van der Waals surface area contributed by atoms with Gasteiger partial charge in [0.2, 0.25) is 17.5 Å². The number of anilines is 1. The molecular weight excluding hydrogens is 494 g/mol. The van der Waals surface area contributed by atoms with Crippen LogP contribution < -0.4 is 4.90 Å². The standard InChI is InChI=1S/C35H40N3O2/c1-34(2)25-11-7-9-13-27(25)36(5)29(34)19-17-23-15-16-24(33(23)38-31(39)21-22-32(38)40)18-20-30-35(3,4)26-12-8-10-14-28(26)37(30)6/h7-14,17,19H,15-16,18,20-22H2,1-6H3/q+1/b23-17+,29-19+. The number of fused-ring (bicyclic) bond motifs is 2. The zero-order chi connectivity index (χ0) is 28.4. The number of para-hydroxylation sites is 2.